The van der Waals surface area contributed by atoms with E-state index in [4.69, 9.17) is 21.1 Å². The number of hydrogen-bond donors (Lipinski definition) is 0. The predicted molar refractivity (Wildman–Crippen MR) is 115 cm³/mol. The Balaban J connectivity index is 1.48. The summed E-state index contributed by atoms with van der Waals surface area (Å²) in [6.45, 7) is 5.23. The van der Waals surface area contributed by atoms with Crippen molar-refractivity contribution in [2.75, 3.05) is 44.3 Å². The van der Waals surface area contributed by atoms with Crippen molar-refractivity contribution >= 4 is 29.3 Å². The molecule has 1 amide bonds. The van der Waals surface area contributed by atoms with Gasteiger partial charge in [0.25, 0.3) is 0 Å². The maximum Gasteiger partial charge on any atom is 0.339 e. The van der Waals surface area contributed by atoms with E-state index in [0.29, 0.717) is 55.6 Å². The summed E-state index contributed by atoms with van der Waals surface area (Å²) >= 11 is 5.94. The second kappa shape index (κ2) is 10.8. The van der Waals surface area contributed by atoms with E-state index in [1.54, 1.807) is 25.1 Å². The average Bonchev–Trinajstić information content (AvgIpc) is 3.00. The summed E-state index contributed by atoms with van der Waals surface area (Å²) in [5.41, 5.74) is 0.437. The highest BCUT2D eigenvalue weighted by Crippen LogP contribution is 2.18. The number of benzene rings is 1. The normalized spacial score (nSPS) is 14.2. The van der Waals surface area contributed by atoms with Gasteiger partial charge >= 0.3 is 5.97 Å². The molecule has 1 aliphatic rings. The number of pyridine rings is 1. The molecule has 7 nitrogen and oxygen atoms in total. The molecule has 1 fully saturated rings. The Hall–Kier alpha value is -2.80. The van der Waals surface area contributed by atoms with Crippen molar-refractivity contribution in [3.63, 3.8) is 0 Å². The average molecular weight is 432 g/mol. The lowest BCUT2D eigenvalue weighted by Crippen LogP contribution is -2.36. The summed E-state index contributed by atoms with van der Waals surface area (Å²) in [5, 5.41) is 0.607. The number of ether oxygens (including phenoxy) is 2. The van der Waals surface area contributed by atoms with Crippen LogP contribution in [0.2, 0.25) is 5.02 Å². The molecule has 0 unspecified atom stereocenters. The zero-order chi connectivity index (χ0) is 21.3. The van der Waals surface area contributed by atoms with Gasteiger partial charge in [-0.05, 0) is 43.7 Å². The number of amides is 1. The van der Waals surface area contributed by atoms with Gasteiger partial charge in [-0.1, -0.05) is 17.7 Å². The molecule has 2 heterocycles. The smallest absolute Gasteiger partial charge is 0.339 e. The number of carbonyl (C=O) groups is 2. The number of esters is 1. The van der Waals surface area contributed by atoms with Crippen molar-refractivity contribution in [1.82, 2.24) is 9.88 Å². The summed E-state index contributed by atoms with van der Waals surface area (Å²) in [4.78, 5) is 32.7. The van der Waals surface area contributed by atoms with Crippen molar-refractivity contribution in [2.45, 2.75) is 19.8 Å². The van der Waals surface area contributed by atoms with Crippen LogP contribution in [0.5, 0.6) is 5.75 Å². The lowest BCUT2D eigenvalue weighted by atomic mass is 10.2. The highest BCUT2D eigenvalue weighted by Gasteiger charge is 2.20. The second-order valence-electron chi connectivity index (χ2n) is 6.90. The van der Waals surface area contributed by atoms with Gasteiger partial charge in [0.05, 0.1) is 25.2 Å². The second-order valence-corrected chi connectivity index (χ2v) is 7.34. The molecule has 1 aromatic carbocycles. The first kappa shape index (κ1) is 21.9. The van der Waals surface area contributed by atoms with E-state index in [2.05, 4.69) is 9.88 Å². The van der Waals surface area contributed by atoms with Gasteiger partial charge in [-0.3, -0.25) is 4.79 Å². The number of anilines is 1. The van der Waals surface area contributed by atoms with Gasteiger partial charge in [0.1, 0.15) is 11.6 Å². The molecule has 0 saturated carbocycles. The molecule has 30 heavy (non-hydrogen) atoms. The molecule has 8 heteroatoms. The molecule has 0 atom stereocenters. The van der Waals surface area contributed by atoms with Gasteiger partial charge in [0.15, 0.2) is 0 Å². The van der Waals surface area contributed by atoms with Crippen molar-refractivity contribution in [3.8, 4) is 5.75 Å². The van der Waals surface area contributed by atoms with Crippen molar-refractivity contribution in [1.29, 1.82) is 0 Å². The zero-order valence-corrected chi connectivity index (χ0v) is 17.8. The third-order valence-corrected chi connectivity index (χ3v) is 5.05. The van der Waals surface area contributed by atoms with E-state index in [-0.39, 0.29) is 11.9 Å². The van der Waals surface area contributed by atoms with E-state index < -0.39 is 0 Å². The van der Waals surface area contributed by atoms with Gasteiger partial charge in [0, 0.05) is 37.4 Å². The topological polar surface area (TPSA) is 72.0 Å². The Bertz CT molecular complexity index is 860. The molecule has 2 aromatic rings. The number of aromatic nitrogens is 1. The summed E-state index contributed by atoms with van der Waals surface area (Å²) in [6, 6.07) is 10.7. The zero-order valence-electron chi connectivity index (χ0n) is 17.1. The minimum atomic E-state index is -0.371. The van der Waals surface area contributed by atoms with Gasteiger partial charge in [-0.25, -0.2) is 9.78 Å². The van der Waals surface area contributed by atoms with E-state index in [9.17, 15) is 9.59 Å². The molecule has 160 valence electrons. The van der Waals surface area contributed by atoms with Crippen LogP contribution in [0.3, 0.4) is 0 Å². The number of carbonyl (C=O) groups excluding carboxylic acids is 2. The van der Waals surface area contributed by atoms with E-state index in [1.165, 1.54) is 6.20 Å². The first-order chi connectivity index (χ1) is 14.6. The third-order valence-electron chi connectivity index (χ3n) is 4.81. The van der Waals surface area contributed by atoms with Crippen LogP contribution >= 0.6 is 11.6 Å². The Morgan fingerprint density at radius 1 is 1.13 bits per heavy atom. The third kappa shape index (κ3) is 6.10. The van der Waals surface area contributed by atoms with Crippen LogP contribution < -0.4 is 9.64 Å². The minimum Gasteiger partial charge on any atom is -0.493 e. The first-order valence-corrected chi connectivity index (χ1v) is 10.5. The van der Waals surface area contributed by atoms with E-state index in [1.807, 2.05) is 23.1 Å². The Kier molecular flexibility index (Phi) is 7.90. The van der Waals surface area contributed by atoms with Crippen molar-refractivity contribution < 1.29 is 19.1 Å². The summed E-state index contributed by atoms with van der Waals surface area (Å²) < 4.78 is 10.6. The highest BCUT2D eigenvalue weighted by atomic mass is 35.5. The lowest BCUT2D eigenvalue weighted by Gasteiger charge is -2.23. The molecule has 0 radical (unpaired) electrons. The van der Waals surface area contributed by atoms with Gasteiger partial charge in [-0.15, -0.1) is 0 Å². The van der Waals surface area contributed by atoms with Gasteiger partial charge < -0.3 is 19.3 Å². The first-order valence-electron chi connectivity index (χ1n) is 10.1. The van der Waals surface area contributed by atoms with Crippen LogP contribution in [-0.2, 0) is 9.53 Å². The Morgan fingerprint density at radius 2 is 2.00 bits per heavy atom. The van der Waals surface area contributed by atoms with Crippen LogP contribution in [-0.4, -0.2) is 61.2 Å². The highest BCUT2D eigenvalue weighted by molar-refractivity contribution is 6.30. The van der Waals surface area contributed by atoms with Crippen LogP contribution in [0.25, 0.3) is 0 Å². The number of nitrogens with zero attached hydrogens (tertiary/aromatic N) is 3. The molecular weight excluding hydrogens is 406 g/mol. The number of halogens is 1. The largest absolute Gasteiger partial charge is 0.493 e. The van der Waals surface area contributed by atoms with Crippen LogP contribution in [0.1, 0.15) is 30.1 Å². The monoisotopic (exact) mass is 431 g/mol. The van der Waals surface area contributed by atoms with Gasteiger partial charge in [0.2, 0.25) is 5.91 Å². The minimum absolute atomic E-state index is 0.0736. The number of hydrogen-bond acceptors (Lipinski definition) is 6. The van der Waals surface area contributed by atoms with E-state index in [0.717, 1.165) is 18.8 Å². The van der Waals surface area contributed by atoms with Crippen LogP contribution in [0, 0.1) is 0 Å². The summed E-state index contributed by atoms with van der Waals surface area (Å²) in [7, 11) is 0. The fourth-order valence-corrected chi connectivity index (χ4v) is 3.46. The number of rotatable bonds is 7. The predicted octanol–water partition coefficient (Wildman–Crippen LogP) is 3.42. The molecule has 0 spiro atoms. The molecule has 1 saturated heterocycles. The molecular formula is C22H26ClN3O4. The summed E-state index contributed by atoms with van der Waals surface area (Å²) in [5.74, 6) is 1.16. The fraction of sp³-hybridized carbons (Fsp3) is 0.409. The maximum atomic E-state index is 12.6. The Labute approximate surface area is 181 Å². The quantitative estimate of drug-likeness (QED) is 0.625. The van der Waals surface area contributed by atoms with Crippen LogP contribution in [0.4, 0.5) is 5.82 Å². The Morgan fingerprint density at radius 3 is 2.73 bits per heavy atom. The van der Waals surface area contributed by atoms with Crippen molar-refractivity contribution in [2.24, 2.45) is 0 Å². The standard InChI is InChI=1S/C22H26ClN3O4/c1-2-29-22(28)17-7-8-20(24-16-17)25-10-4-11-26(13-12-25)21(27)9-14-30-19-6-3-5-18(23)15-19/h3,5-8,15-16H,2,4,9-14H2,1H3. The van der Waals surface area contributed by atoms with Crippen molar-refractivity contribution in [3.05, 3.63) is 53.2 Å². The molecule has 1 aliphatic heterocycles. The SMILES string of the molecule is CCOC(=O)c1ccc(N2CCCN(C(=O)CCOc3cccc(Cl)c3)CC2)nc1. The summed E-state index contributed by atoms with van der Waals surface area (Å²) in [6.07, 6.45) is 2.70. The fourth-order valence-electron chi connectivity index (χ4n) is 3.28. The molecule has 3 rings (SSSR count). The maximum absolute atomic E-state index is 12.6. The molecule has 0 bridgehead atoms. The van der Waals surface area contributed by atoms with E-state index >= 15 is 0 Å². The lowest BCUT2D eigenvalue weighted by molar-refractivity contribution is -0.131. The molecule has 1 aromatic heterocycles. The molecule has 0 aliphatic carbocycles. The molecule has 0 N–H and O–H groups in total. The van der Waals surface area contributed by atoms with Crippen LogP contribution in [0.15, 0.2) is 42.6 Å². The van der Waals surface area contributed by atoms with Gasteiger partial charge in [-0.2, -0.15) is 0 Å².